The van der Waals surface area contributed by atoms with Crippen LogP contribution in [-0.2, 0) is 9.84 Å². The van der Waals surface area contributed by atoms with Crippen LogP contribution in [0.4, 0.5) is 0 Å². The molecule has 1 fully saturated rings. The van der Waals surface area contributed by atoms with Crippen LogP contribution in [0.15, 0.2) is 29.2 Å². The summed E-state index contributed by atoms with van der Waals surface area (Å²) in [7, 11) is -3.13. The Hall–Kier alpha value is -1.07. The van der Waals surface area contributed by atoms with Crippen LogP contribution in [0, 0.1) is 5.92 Å². The molecule has 1 aliphatic carbocycles. The zero-order valence-corrected chi connectivity index (χ0v) is 13.7. The van der Waals surface area contributed by atoms with Crippen LogP contribution in [0.1, 0.15) is 32.6 Å². The molecule has 0 heterocycles. The van der Waals surface area contributed by atoms with E-state index in [9.17, 15) is 8.42 Å². The minimum atomic E-state index is -3.13. The van der Waals surface area contributed by atoms with Gasteiger partial charge in [-0.2, -0.15) is 0 Å². The highest BCUT2D eigenvalue weighted by atomic mass is 32.2. The summed E-state index contributed by atoms with van der Waals surface area (Å²) in [6.45, 7) is 3.75. The fraction of sp³-hybridized carbons (Fsp3) is 0.625. The van der Waals surface area contributed by atoms with E-state index in [1.807, 2.05) is 0 Å². The molecule has 2 rings (SSSR count). The number of nitrogens with one attached hydrogen (secondary N) is 1. The van der Waals surface area contributed by atoms with E-state index in [1.165, 1.54) is 31.9 Å². The summed E-state index contributed by atoms with van der Waals surface area (Å²) in [5, 5.41) is 3.53. The molecule has 0 aromatic heterocycles. The highest BCUT2D eigenvalue weighted by molar-refractivity contribution is 7.90. The van der Waals surface area contributed by atoms with Crippen LogP contribution < -0.4 is 10.1 Å². The molecule has 0 radical (unpaired) electrons. The summed E-state index contributed by atoms with van der Waals surface area (Å²) in [5.41, 5.74) is 0. The number of hydrogen-bond acceptors (Lipinski definition) is 4. The minimum Gasteiger partial charge on any atom is -0.492 e. The van der Waals surface area contributed by atoms with Gasteiger partial charge in [-0.3, -0.25) is 0 Å². The molecule has 1 N–H and O–H groups in total. The van der Waals surface area contributed by atoms with Gasteiger partial charge in [0.05, 0.1) is 4.90 Å². The quantitative estimate of drug-likeness (QED) is 0.821. The number of sulfone groups is 1. The van der Waals surface area contributed by atoms with E-state index in [0.717, 1.165) is 12.5 Å². The molecular weight excluding hydrogens is 286 g/mol. The zero-order valence-electron chi connectivity index (χ0n) is 12.8. The van der Waals surface area contributed by atoms with Gasteiger partial charge in [-0.1, -0.05) is 6.92 Å². The summed E-state index contributed by atoms with van der Waals surface area (Å²) in [5.74, 6) is 1.58. The van der Waals surface area contributed by atoms with Gasteiger partial charge in [0.2, 0.25) is 0 Å². The number of benzene rings is 1. The van der Waals surface area contributed by atoms with Gasteiger partial charge in [-0.05, 0) is 55.9 Å². The van der Waals surface area contributed by atoms with Crippen molar-refractivity contribution in [1.29, 1.82) is 0 Å². The van der Waals surface area contributed by atoms with Gasteiger partial charge >= 0.3 is 0 Å². The average molecular weight is 311 g/mol. The van der Waals surface area contributed by atoms with Gasteiger partial charge in [0.15, 0.2) is 9.84 Å². The molecule has 1 aliphatic rings. The molecule has 5 heteroatoms. The second-order valence-electron chi connectivity index (χ2n) is 6.00. The molecular formula is C16H25NO3S. The predicted molar refractivity (Wildman–Crippen MR) is 84.5 cm³/mol. The maximum Gasteiger partial charge on any atom is 0.175 e. The molecule has 0 spiro atoms. The van der Waals surface area contributed by atoms with Crippen molar-refractivity contribution in [3.8, 4) is 5.75 Å². The van der Waals surface area contributed by atoms with Crippen molar-refractivity contribution < 1.29 is 13.2 Å². The molecule has 4 nitrogen and oxygen atoms in total. The molecule has 118 valence electrons. The highest BCUT2D eigenvalue weighted by Gasteiger charge is 2.17. The first kappa shape index (κ1) is 16.3. The van der Waals surface area contributed by atoms with E-state index in [4.69, 9.17) is 4.74 Å². The molecule has 0 bridgehead atoms. The van der Waals surface area contributed by atoms with Crippen LogP contribution in [0.25, 0.3) is 0 Å². The molecule has 0 atom stereocenters. The molecule has 0 amide bonds. The van der Waals surface area contributed by atoms with Gasteiger partial charge in [0.25, 0.3) is 0 Å². The Bertz CT molecular complexity index is 531. The Labute approximate surface area is 127 Å². The van der Waals surface area contributed by atoms with Gasteiger partial charge in [-0.15, -0.1) is 0 Å². The van der Waals surface area contributed by atoms with Crippen molar-refractivity contribution in [2.75, 3.05) is 19.4 Å². The average Bonchev–Trinajstić information content (AvgIpc) is 2.45. The molecule has 1 saturated carbocycles. The van der Waals surface area contributed by atoms with Gasteiger partial charge < -0.3 is 10.1 Å². The molecule has 0 unspecified atom stereocenters. The Morgan fingerprint density at radius 3 is 2.33 bits per heavy atom. The lowest BCUT2D eigenvalue weighted by molar-refractivity contribution is 0.270. The standard InChI is InChI=1S/C16H25NO3S/c1-13-3-5-14(6-4-13)17-11-12-20-15-7-9-16(10-8-15)21(2,18)19/h7-10,13-14,17H,3-6,11-12H2,1-2H3. The van der Waals surface area contributed by atoms with E-state index in [2.05, 4.69) is 12.2 Å². The third-order valence-electron chi connectivity index (χ3n) is 4.07. The molecule has 0 aliphatic heterocycles. The molecule has 1 aromatic carbocycles. The Morgan fingerprint density at radius 1 is 1.14 bits per heavy atom. The molecule has 0 saturated heterocycles. The summed E-state index contributed by atoms with van der Waals surface area (Å²) in [6.07, 6.45) is 6.34. The van der Waals surface area contributed by atoms with Crippen molar-refractivity contribution in [1.82, 2.24) is 5.32 Å². The van der Waals surface area contributed by atoms with Crippen LogP contribution in [-0.4, -0.2) is 33.9 Å². The number of hydrogen-bond donors (Lipinski definition) is 1. The van der Waals surface area contributed by atoms with Crippen molar-refractivity contribution in [2.24, 2.45) is 5.92 Å². The Balaban J connectivity index is 1.69. The second kappa shape index (κ2) is 7.27. The summed E-state index contributed by atoms with van der Waals surface area (Å²) in [4.78, 5) is 0.323. The summed E-state index contributed by atoms with van der Waals surface area (Å²) >= 11 is 0. The lowest BCUT2D eigenvalue weighted by Gasteiger charge is -2.27. The largest absolute Gasteiger partial charge is 0.492 e. The normalized spacial score (nSPS) is 23.0. The van der Waals surface area contributed by atoms with Crippen LogP contribution in [0.3, 0.4) is 0 Å². The first-order chi connectivity index (χ1) is 9.95. The SMILES string of the molecule is CC1CCC(NCCOc2ccc(S(C)(=O)=O)cc2)CC1. The number of ether oxygens (including phenoxy) is 1. The van der Waals surface area contributed by atoms with E-state index >= 15 is 0 Å². The summed E-state index contributed by atoms with van der Waals surface area (Å²) in [6, 6.07) is 7.20. The van der Waals surface area contributed by atoms with E-state index in [0.29, 0.717) is 23.3 Å². The van der Waals surface area contributed by atoms with E-state index in [-0.39, 0.29) is 0 Å². The second-order valence-corrected chi connectivity index (χ2v) is 8.02. The van der Waals surface area contributed by atoms with Crippen molar-refractivity contribution in [3.05, 3.63) is 24.3 Å². The smallest absolute Gasteiger partial charge is 0.175 e. The van der Waals surface area contributed by atoms with Crippen LogP contribution in [0.5, 0.6) is 5.75 Å². The van der Waals surface area contributed by atoms with Crippen LogP contribution in [0.2, 0.25) is 0 Å². The van der Waals surface area contributed by atoms with Crippen molar-refractivity contribution in [2.45, 2.75) is 43.5 Å². The van der Waals surface area contributed by atoms with E-state index in [1.54, 1.807) is 24.3 Å². The molecule has 1 aromatic rings. The monoisotopic (exact) mass is 311 g/mol. The summed E-state index contributed by atoms with van der Waals surface area (Å²) < 4.78 is 28.3. The topological polar surface area (TPSA) is 55.4 Å². The van der Waals surface area contributed by atoms with Gasteiger partial charge in [-0.25, -0.2) is 8.42 Å². The minimum absolute atomic E-state index is 0.323. The lowest BCUT2D eigenvalue weighted by atomic mass is 9.87. The van der Waals surface area contributed by atoms with Crippen LogP contribution >= 0.6 is 0 Å². The third kappa shape index (κ3) is 5.32. The van der Waals surface area contributed by atoms with Gasteiger partial charge in [0.1, 0.15) is 12.4 Å². The lowest BCUT2D eigenvalue weighted by Crippen LogP contribution is -2.35. The Kier molecular flexibility index (Phi) is 5.65. The predicted octanol–water partition coefficient (Wildman–Crippen LogP) is 2.64. The van der Waals surface area contributed by atoms with Crippen molar-refractivity contribution in [3.63, 3.8) is 0 Å². The molecule has 21 heavy (non-hydrogen) atoms. The fourth-order valence-corrected chi connectivity index (χ4v) is 3.31. The zero-order chi connectivity index (χ0) is 15.3. The maximum absolute atomic E-state index is 11.4. The van der Waals surface area contributed by atoms with Gasteiger partial charge in [0, 0.05) is 18.8 Å². The fourth-order valence-electron chi connectivity index (χ4n) is 2.68. The maximum atomic E-state index is 11.4. The highest BCUT2D eigenvalue weighted by Crippen LogP contribution is 2.23. The third-order valence-corrected chi connectivity index (χ3v) is 5.20. The number of rotatable bonds is 6. The Morgan fingerprint density at radius 2 is 1.76 bits per heavy atom. The van der Waals surface area contributed by atoms with E-state index < -0.39 is 9.84 Å². The van der Waals surface area contributed by atoms with Crippen molar-refractivity contribution >= 4 is 9.84 Å². The first-order valence-electron chi connectivity index (χ1n) is 7.61. The first-order valence-corrected chi connectivity index (χ1v) is 9.50.